The van der Waals surface area contributed by atoms with E-state index in [1.165, 1.54) is 91.4 Å². The van der Waals surface area contributed by atoms with Gasteiger partial charge < -0.3 is 23.4 Å². The summed E-state index contributed by atoms with van der Waals surface area (Å²) in [6.45, 7) is 27.9. The minimum Gasteiger partial charge on any atom is -0.455 e. The lowest BCUT2D eigenvalue weighted by molar-refractivity contribution is 0.590. The summed E-state index contributed by atoms with van der Waals surface area (Å²) < 4.78 is 15.2. The third-order valence-electron chi connectivity index (χ3n) is 25.7. The lowest BCUT2D eigenvalue weighted by Gasteiger charge is -2.46. The molecule has 574 valence electrons. The highest BCUT2D eigenvalue weighted by Crippen LogP contribution is 2.57. The van der Waals surface area contributed by atoms with Crippen LogP contribution < -0.4 is 26.2 Å². The van der Waals surface area contributed by atoms with Gasteiger partial charge in [0.15, 0.2) is 0 Å². The van der Waals surface area contributed by atoms with Gasteiger partial charge >= 0.3 is 0 Å². The van der Waals surface area contributed by atoms with E-state index in [1.807, 2.05) is 11.3 Å². The summed E-state index contributed by atoms with van der Waals surface area (Å²) in [5.74, 6) is 0. The molecule has 0 spiro atoms. The van der Waals surface area contributed by atoms with Crippen molar-refractivity contribution in [2.45, 2.75) is 105 Å². The van der Waals surface area contributed by atoms with Gasteiger partial charge in [-0.05, 0) is 203 Å². The van der Waals surface area contributed by atoms with Crippen molar-refractivity contribution in [1.82, 2.24) is 9.13 Å². The molecule has 2 aliphatic rings. The summed E-state index contributed by atoms with van der Waals surface area (Å²) in [7, 11) is 0. The van der Waals surface area contributed by atoms with Crippen molar-refractivity contribution in [1.29, 1.82) is 0 Å². The van der Waals surface area contributed by atoms with Gasteiger partial charge in [-0.15, -0.1) is 11.3 Å². The summed E-state index contributed by atoms with van der Waals surface area (Å²) in [5.41, 5.74) is 34.2. The monoisotopic (exact) mass is 1550 g/mol. The Morgan fingerprint density at radius 3 is 1.10 bits per heavy atom. The third kappa shape index (κ3) is 11.5. The molecular formula is C112H91BN4OS. The first-order valence-electron chi connectivity index (χ1n) is 42.1. The minimum atomic E-state index is -0.333. The van der Waals surface area contributed by atoms with Gasteiger partial charge in [-0.1, -0.05) is 301 Å². The van der Waals surface area contributed by atoms with Crippen molar-refractivity contribution >= 4 is 154 Å². The van der Waals surface area contributed by atoms with Gasteiger partial charge in [0, 0.05) is 114 Å². The van der Waals surface area contributed by atoms with Crippen molar-refractivity contribution in [2.24, 2.45) is 0 Å². The highest BCUT2D eigenvalue weighted by atomic mass is 32.1. The molecule has 6 heterocycles. The predicted molar refractivity (Wildman–Crippen MR) is 511 cm³/mol. The molecule has 0 N–H and O–H groups in total. The molecule has 0 fully saturated rings. The Balaban J connectivity index is 0.948. The van der Waals surface area contributed by atoms with E-state index in [2.05, 4.69) is 436 Å². The summed E-state index contributed by atoms with van der Waals surface area (Å²) >= 11 is 1.85. The zero-order valence-corrected chi connectivity index (χ0v) is 70.3. The third-order valence-corrected chi connectivity index (χ3v) is 26.8. The van der Waals surface area contributed by atoms with Crippen molar-refractivity contribution in [3.8, 4) is 67.0 Å². The minimum absolute atomic E-state index is 0.0866. The van der Waals surface area contributed by atoms with Crippen LogP contribution in [0.5, 0.6) is 0 Å². The number of hydrogen-bond acceptors (Lipinski definition) is 4. The van der Waals surface area contributed by atoms with Crippen molar-refractivity contribution in [2.75, 3.05) is 9.80 Å². The molecule has 0 amide bonds. The molecule has 4 aromatic heterocycles. The lowest BCUT2D eigenvalue weighted by atomic mass is 9.33. The molecule has 7 heteroatoms. The predicted octanol–water partition coefficient (Wildman–Crippen LogP) is 29.8. The van der Waals surface area contributed by atoms with Crippen LogP contribution in [0.4, 0.5) is 34.1 Å². The van der Waals surface area contributed by atoms with E-state index in [0.717, 1.165) is 134 Å². The van der Waals surface area contributed by atoms with Gasteiger partial charge in [0.2, 0.25) is 0 Å². The van der Waals surface area contributed by atoms with Crippen molar-refractivity contribution in [3.05, 3.63) is 356 Å². The Morgan fingerprint density at radius 2 is 0.664 bits per heavy atom. The molecule has 0 unspecified atom stereocenters. The van der Waals surface area contributed by atoms with Crippen LogP contribution in [0.15, 0.2) is 338 Å². The summed E-state index contributed by atoms with van der Waals surface area (Å²) in [5, 5.41) is 9.62. The zero-order valence-electron chi connectivity index (χ0n) is 69.4. The second-order valence-electron chi connectivity index (χ2n) is 37.2. The Bertz CT molecular complexity index is 7320. The summed E-state index contributed by atoms with van der Waals surface area (Å²) in [6, 6.07) is 128. The topological polar surface area (TPSA) is 29.5 Å². The standard InChI is InChI=1S/C112H91BN4OS/c1-109(2,3)73-48-54-94-88(60-73)89-61-74(110(4,5)6)49-55-95(89)115(94)78-51-53-91-97(67-78)117(107-86(70-36-21-15-22-37-70)64-76(112(10,11)12)65-87(107)71-38-23-16-24-39-71)99-59-72(79-43-31-44-83-103-100(118-108(79)83)56-57-102-104(103)82-42-27-30-47-101(82)119-102)58-98-105(99)113(91)90-52-50-77(114-92-45-28-25-40-80(92)81-41-26-29-46-93(81)114)66-96(90)116(98)106-84(68-32-17-13-18-33-68)62-75(111(7,8)9)63-85(106)69-34-19-14-20-35-69/h13-67H,1-12H3. The van der Waals surface area contributed by atoms with Crippen LogP contribution in [0, 0.1) is 0 Å². The van der Waals surface area contributed by atoms with Crippen LogP contribution in [0.3, 0.4) is 0 Å². The molecule has 0 saturated carbocycles. The van der Waals surface area contributed by atoms with Gasteiger partial charge in [-0.3, -0.25) is 0 Å². The van der Waals surface area contributed by atoms with Crippen molar-refractivity contribution in [3.63, 3.8) is 0 Å². The number of fused-ring (bicyclic) bond motifs is 17. The van der Waals surface area contributed by atoms with Gasteiger partial charge in [0.05, 0.1) is 33.4 Å². The zero-order chi connectivity index (χ0) is 80.9. The maximum atomic E-state index is 7.63. The van der Waals surface area contributed by atoms with Crippen LogP contribution in [0.2, 0.25) is 0 Å². The van der Waals surface area contributed by atoms with Crippen LogP contribution in [-0.2, 0) is 21.7 Å². The molecule has 5 nitrogen and oxygen atoms in total. The SMILES string of the molecule is CC(C)(C)c1cc(-c2ccccc2)c(N2c3cc(-n4c5ccccc5c5ccccc54)ccc3B3c4ccc(-n5c6ccc(C(C)(C)C)cc6c6cc(C(C)(C)C)ccc65)cc4N(c4c(-c5ccccc5)cc(C(C)(C)C)cc4-c4ccccc4)c4cc(-c5cccc6c5oc5ccc7sc8ccccc8c7c56)cc2c43)c(-c2ccccc2)c1. The summed E-state index contributed by atoms with van der Waals surface area (Å²) in [6.07, 6.45) is 0. The van der Waals surface area contributed by atoms with E-state index >= 15 is 0 Å². The molecule has 119 heavy (non-hydrogen) atoms. The lowest BCUT2D eigenvalue weighted by Crippen LogP contribution is -2.61. The van der Waals surface area contributed by atoms with Gasteiger partial charge in [0.1, 0.15) is 11.2 Å². The molecule has 22 rings (SSSR count). The molecule has 2 aliphatic heterocycles. The molecule has 20 aromatic rings. The van der Waals surface area contributed by atoms with E-state index < -0.39 is 0 Å². The van der Waals surface area contributed by atoms with Gasteiger partial charge in [0.25, 0.3) is 6.71 Å². The smallest absolute Gasteiger partial charge is 0.252 e. The number of benzene rings is 16. The Kier molecular flexibility index (Phi) is 16.2. The van der Waals surface area contributed by atoms with Crippen LogP contribution >= 0.6 is 11.3 Å². The number of rotatable bonds is 9. The number of furan rings is 1. The molecular weight excluding hydrogens is 1460 g/mol. The largest absolute Gasteiger partial charge is 0.455 e. The molecule has 0 radical (unpaired) electrons. The van der Waals surface area contributed by atoms with Crippen molar-refractivity contribution < 1.29 is 4.42 Å². The summed E-state index contributed by atoms with van der Waals surface area (Å²) in [4.78, 5) is 5.47. The molecule has 16 aromatic carbocycles. The van der Waals surface area contributed by atoms with Gasteiger partial charge in [-0.25, -0.2) is 0 Å². The van der Waals surface area contributed by atoms with E-state index in [9.17, 15) is 0 Å². The maximum Gasteiger partial charge on any atom is 0.252 e. The van der Waals surface area contributed by atoms with E-state index in [1.54, 1.807) is 0 Å². The van der Waals surface area contributed by atoms with Crippen LogP contribution in [-0.4, -0.2) is 15.8 Å². The number of nitrogens with zero attached hydrogens (tertiary/aromatic N) is 4. The van der Waals surface area contributed by atoms with E-state index in [4.69, 9.17) is 4.42 Å². The number of anilines is 6. The molecule has 0 bridgehead atoms. The number of hydrogen-bond donors (Lipinski definition) is 0. The number of para-hydroxylation sites is 3. The Hall–Kier alpha value is -13.2. The molecule has 0 aliphatic carbocycles. The quantitative estimate of drug-likeness (QED) is 0.135. The Labute approximate surface area is 700 Å². The van der Waals surface area contributed by atoms with E-state index in [0.29, 0.717) is 0 Å². The maximum absolute atomic E-state index is 7.63. The molecule has 0 saturated heterocycles. The normalized spacial score (nSPS) is 13.2. The van der Waals surface area contributed by atoms with Crippen LogP contribution in [0.25, 0.3) is 153 Å². The molecule has 0 atom stereocenters. The highest BCUT2D eigenvalue weighted by Gasteiger charge is 2.47. The average molecular weight is 1550 g/mol. The first-order chi connectivity index (χ1) is 57.6. The fourth-order valence-electron chi connectivity index (χ4n) is 19.6. The first kappa shape index (κ1) is 72.3. The first-order valence-corrected chi connectivity index (χ1v) is 42.9. The average Bonchev–Trinajstić information content (AvgIpc) is 0.841. The van der Waals surface area contributed by atoms with Crippen LogP contribution in [0.1, 0.15) is 105 Å². The fourth-order valence-corrected chi connectivity index (χ4v) is 20.7. The number of aromatic nitrogens is 2. The second-order valence-corrected chi connectivity index (χ2v) is 38.3. The fraction of sp³-hybridized carbons (Fsp3) is 0.143. The number of thiophene rings is 1. The second kappa shape index (κ2) is 26.7. The highest BCUT2D eigenvalue weighted by molar-refractivity contribution is 7.26. The van der Waals surface area contributed by atoms with E-state index in [-0.39, 0.29) is 28.4 Å². The Morgan fingerprint density at radius 1 is 0.269 bits per heavy atom. The van der Waals surface area contributed by atoms with Gasteiger partial charge in [-0.2, -0.15) is 0 Å².